The summed E-state index contributed by atoms with van der Waals surface area (Å²) in [5.74, 6) is -0.0578. The minimum Gasteiger partial charge on any atom is -0.334 e. The molecule has 4 rings (SSSR count). The Morgan fingerprint density at radius 2 is 1.62 bits per heavy atom. The largest absolute Gasteiger partial charge is 0.334 e. The van der Waals surface area contributed by atoms with E-state index < -0.39 is 6.04 Å². The van der Waals surface area contributed by atoms with Crippen molar-refractivity contribution in [3.8, 4) is 0 Å². The van der Waals surface area contributed by atoms with E-state index in [4.69, 9.17) is 0 Å². The smallest absolute Gasteiger partial charge is 0.304 e. The molecule has 0 aromatic heterocycles. The average Bonchev–Trinajstić information content (AvgIpc) is 3.09. The van der Waals surface area contributed by atoms with Crippen molar-refractivity contribution in [3.63, 3.8) is 0 Å². The Balaban J connectivity index is 1.66. The van der Waals surface area contributed by atoms with Crippen LogP contribution in [0.3, 0.4) is 0 Å². The van der Waals surface area contributed by atoms with Crippen LogP contribution in [0.5, 0.6) is 0 Å². The number of aryl methyl sites for hydroxylation is 1. The second kappa shape index (κ2) is 9.18. The lowest BCUT2D eigenvalue weighted by Gasteiger charge is -2.14. The van der Waals surface area contributed by atoms with Crippen molar-refractivity contribution in [2.24, 2.45) is 0 Å². The molecule has 3 aromatic rings. The Kier molecular flexibility index (Phi) is 6.17. The number of hydrazone groups is 1. The van der Waals surface area contributed by atoms with E-state index in [2.05, 4.69) is 36.7 Å². The number of amides is 2. The fourth-order valence-corrected chi connectivity index (χ4v) is 3.89. The average molecular weight is 427 g/mol. The van der Waals surface area contributed by atoms with Crippen LogP contribution in [0.25, 0.3) is 0 Å². The van der Waals surface area contributed by atoms with Gasteiger partial charge in [0.25, 0.3) is 5.91 Å². The Bertz CT molecular complexity index is 1130. The lowest BCUT2D eigenvalue weighted by atomic mass is 9.99. The number of hydrogen-bond acceptors (Lipinski definition) is 2. The number of hydrazine groups is 1. The fourth-order valence-electron chi connectivity index (χ4n) is 3.89. The molecule has 2 amide bonds. The normalized spacial score (nSPS) is 19.2. The number of nitrogens with zero attached hydrogens (tertiary/aromatic N) is 1. The van der Waals surface area contributed by atoms with Crippen molar-refractivity contribution in [2.45, 2.75) is 38.8 Å². The standard InChI is InChI=1S/C27H27N3O2/c1-18(2)21-15-11-20(12-16-21)17-30-25(22-7-5-4-6-8-22)24(27(32)29-30)28-26(31)23-13-9-19(3)10-14-23/h4-18,24-25H,1-3H3,(H-,28,29,31,32)/p+1/b30-17-/t24-,25-/m0/s1. The van der Waals surface area contributed by atoms with Crippen LogP contribution in [0.4, 0.5) is 0 Å². The lowest BCUT2D eigenvalue weighted by Crippen LogP contribution is -2.42. The topological polar surface area (TPSA) is 61.2 Å². The number of nitrogens with one attached hydrogen (secondary N) is 2. The van der Waals surface area contributed by atoms with E-state index in [0.29, 0.717) is 11.5 Å². The van der Waals surface area contributed by atoms with Crippen LogP contribution in [-0.2, 0) is 4.79 Å². The highest BCUT2D eigenvalue weighted by atomic mass is 16.2. The van der Waals surface area contributed by atoms with E-state index in [0.717, 1.165) is 16.7 Å². The molecule has 0 aliphatic carbocycles. The van der Waals surface area contributed by atoms with Gasteiger partial charge in [-0.1, -0.05) is 74.0 Å². The first kappa shape index (κ1) is 21.5. The molecule has 32 heavy (non-hydrogen) atoms. The van der Waals surface area contributed by atoms with Gasteiger partial charge in [-0.25, -0.2) is 0 Å². The third-order valence-corrected chi connectivity index (χ3v) is 5.77. The Hall–Kier alpha value is -3.73. The van der Waals surface area contributed by atoms with Gasteiger partial charge in [0.05, 0.1) is 0 Å². The minimum atomic E-state index is -0.725. The van der Waals surface area contributed by atoms with Gasteiger partial charge >= 0.3 is 5.91 Å². The quantitative estimate of drug-likeness (QED) is 0.603. The van der Waals surface area contributed by atoms with E-state index >= 15 is 0 Å². The van der Waals surface area contributed by atoms with Crippen molar-refractivity contribution in [1.29, 1.82) is 0 Å². The molecule has 0 spiro atoms. The Morgan fingerprint density at radius 3 is 2.25 bits per heavy atom. The summed E-state index contributed by atoms with van der Waals surface area (Å²) < 4.78 is 1.79. The molecule has 1 aliphatic heterocycles. The first-order valence-electron chi connectivity index (χ1n) is 10.9. The third-order valence-electron chi connectivity index (χ3n) is 5.77. The summed E-state index contributed by atoms with van der Waals surface area (Å²) in [5.41, 5.74) is 7.71. The predicted octanol–water partition coefficient (Wildman–Crippen LogP) is 4.13. The van der Waals surface area contributed by atoms with Gasteiger partial charge in [-0.3, -0.25) is 9.59 Å². The molecule has 5 heteroatoms. The summed E-state index contributed by atoms with van der Waals surface area (Å²) in [4.78, 5) is 25.8. The highest BCUT2D eigenvalue weighted by Crippen LogP contribution is 2.25. The van der Waals surface area contributed by atoms with Crippen molar-refractivity contribution in [1.82, 2.24) is 10.7 Å². The van der Waals surface area contributed by atoms with Crippen LogP contribution in [0.15, 0.2) is 78.9 Å². The van der Waals surface area contributed by atoms with Gasteiger partial charge in [-0.2, -0.15) is 0 Å². The zero-order chi connectivity index (χ0) is 22.7. The third kappa shape index (κ3) is 4.62. The van der Waals surface area contributed by atoms with Crippen LogP contribution in [0.2, 0.25) is 0 Å². The Labute approximate surface area is 188 Å². The number of hydrogen-bond donors (Lipinski definition) is 2. The minimum absolute atomic E-state index is 0.241. The van der Waals surface area contributed by atoms with Crippen molar-refractivity contribution >= 4 is 18.0 Å². The van der Waals surface area contributed by atoms with Gasteiger partial charge in [0.15, 0.2) is 6.04 Å². The monoisotopic (exact) mass is 426 g/mol. The molecule has 162 valence electrons. The van der Waals surface area contributed by atoms with Gasteiger partial charge < -0.3 is 5.32 Å². The van der Waals surface area contributed by atoms with Gasteiger partial charge in [-0.15, -0.1) is 10.1 Å². The van der Waals surface area contributed by atoms with Crippen LogP contribution in [-0.4, -0.2) is 28.8 Å². The van der Waals surface area contributed by atoms with E-state index in [1.54, 1.807) is 16.8 Å². The predicted molar refractivity (Wildman–Crippen MR) is 126 cm³/mol. The maximum Gasteiger partial charge on any atom is 0.304 e. The zero-order valence-electron chi connectivity index (χ0n) is 18.6. The molecule has 0 bridgehead atoms. The van der Waals surface area contributed by atoms with Crippen LogP contribution >= 0.6 is 0 Å². The summed E-state index contributed by atoms with van der Waals surface area (Å²) in [7, 11) is 0. The summed E-state index contributed by atoms with van der Waals surface area (Å²) in [5, 5.41) is 2.94. The summed E-state index contributed by atoms with van der Waals surface area (Å²) in [6.45, 7) is 6.29. The lowest BCUT2D eigenvalue weighted by molar-refractivity contribution is -0.596. The summed E-state index contributed by atoms with van der Waals surface area (Å²) >= 11 is 0. The van der Waals surface area contributed by atoms with Crippen LogP contribution in [0, 0.1) is 6.92 Å². The van der Waals surface area contributed by atoms with Crippen molar-refractivity contribution in [3.05, 3.63) is 107 Å². The van der Waals surface area contributed by atoms with Gasteiger partial charge in [0, 0.05) is 16.7 Å². The molecule has 3 aromatic carbocycles. The van der Waals surface area contributed by atoms with E-state index in [-0.39, 0.29) is 17.9 Å². The number of carbonyl (C=O) groups excluding carboxylic acids is 2. The maximum atomic E-state index is 12.9. The molecule has 1 aliphatic rings. The molecule has 1 saturated heterocycles. The summed E-state index contributed by atoms with van der Waals surface area (Å²) in [6.07, 6.45) is 1.91. The molecule has 0 saturated carbocycles. The van der Waals surface area contributed by atoms with Gasteiger partial charge in [0.2, 0.25) is 12.3 Å². The van der Waals surface area contributed by atoms with Crippen molar-refractivity contribution < 1.29 is 14.3 Å². The maximum absolute atomic E-state index is 12.9. The second-order valence-corrected chi connectivity index (χ2v) is 8.51. The number of rotatable bonds is 5. The second-order valence-electron chi connectivity index (χ2n) is 8.51. The molecule has 0 unspecified atom stereocenters. The van der Waals surface area contributed by atoms with Crippen LogP contribution < -0.4 is 10.7 Å². The van der Waals surface area contributed by atoms with Gasteiger partial charge in [0.1, 0.15) is 0 Å². The zero-order valence-corrected chi connectivity index (χ0v) is 18.6. The first-order chi connectivity index (χ1) is 15.4. The number of benzene rings is 3. The highest BCUT2D eigenvalue weighted by molar-refractivity contribution is 5.98. The Morgan fingerprint density at radius 1 is 0.969 bits per heavy atom. The molecular formula is C27H28N3O2+. The number of carbonyl (C=O) groups is 2. The molecular weight excluding hydrogens is 398 g/mol. The van der Waals surface area contributed by atoms with E-state index in [1.165, 1.54) is 5.56 Å². The molecule has 5 nitrogen and oxygen atoms in total. The first-order valence-corrected chi connectivity index (χ1v) is 10.9. The molecule has 0 radical (unpaired) electrons. The van der Waals surface area contributed by atoms with Crippen LogP contribution in [0.1, 0.15) is 58.4 Å². The molecule has 2 N–H and O–H groups in total. The van der Waals surface area contributed by atoms with Gasteiger partial charge in [-0.05, 0) is 42.7 Å². The van der Waals surface area contributed by atoms with E-state index in [1.807, 2.05) is 67.7 Å². The van der Waals surface area contributed by atoms with E-state index in [9.17, 15) is 9.59 Å². The fraction of sp³-hybridized carbons (Fsp3) is 0.222. The summed E-state index contributed by atoms with van der Waals surface area (Å²) in [6, 6.07) is 24.3. The molecule has 2 atom stereocenters. The van der Waals surface area contributed by atoms with Crippen molar-refractivity contribution in [2.75, 3.05) is 0 Å². The molecule has 1 fully saturated rings. The SMILES string of the molecule is Cc1ccc(C(=O)N[C@@H]2C(=O)N/[N+](=C\c3ccc(C(C)C)cc3)[C@H]2c2ccccc2)cc1. The highest BCUT2D eigenvalue weighted by Gasteiger charge is 2.47. The molecule has 1 heterocycles.